The standard InChI is InChI=1S/C19H20O6S/c1-10-11(17(22)16-12(20)5-4-6-13(16)21)7-8-14-15(10)18(23)19(2,3)9-26(14,24)25/h7-8,16H,4-6,9H2,1-3H3. The minimum absolute atomic E-state index is 0.00260. The molecular formula is C19H20O6S. The Hall–Kier alpha value is -2.15. The van der Waals surface area contributed by atoms with Gasteiger partial charge in [0, 0.05) is 29.4 Å². The van der Waals surface area contributed by atoms with Crippen molar-refractivity contribution in [1.29, 1.82) is 0 Å². The first-order valence-electron chi connectivity index (χ1n) is 8.48. The second-order valence-electron chi connectivity index (χ2n) is 7.67. The summed E-state index contributed by atoms with van der Waals surface area (Å²) in [5, 5.41) is 0. The topological polar surface area (TPSA) is 102 Å². The Labute approximate surface area is 151 Å². The van der Waals surface area contributed by atoms with Crippen molar-refractivity contribution < 1.29 is 27.6 Å². The van der Waals surface area contributed by atoms with Crippen LogP contribution in [0.1, 0.15) is 59.4 Å². The smallest absolute Gasteiger partial charge is 0.181 e. The molecule has 2 aliphatic rings. The largest absolute Gasteiger partial charge is 0.298 e. The predicted molar refractivity (Wildman–Crippen MR) is 93.0 cm³/mol. The first-order chi connectivity index (χ1) is 12.0. The maximum atomic E-state index is 12.9. The summed E-state index contributed by atoms with van der Waals surface area (Å²) in [6.07, 6.45) is 0.786. The van der Waals surface area contributed by atoms with Crippen LogP contribution < -0.4 is 0 Å². The first kappa shape index (κ1) is 18.6. The van der Waals surface area contributed by atoms with Gasteiger partial charge in [-0.3, -0.25) is 19.2 Å². The van der Waals surface area contributed by atoms with Gasteiger partial charge in [-0.15, -0.1) is 0 Å². The van der Waals surface area contributed by atoms with Gasteiger partial charge in [-0.25, -0.2) is 8.42 Å². The summed E-state index contributed by atoms with van der Waals surface area (Å²) in [5.74, 6) is -3.46. The maximum absolute atomic E-state index is 12.9. The summed E-state index contributed by atoms with van der Waals surface area (Å²) in [4.78, 5) is 49.8. The van der Waals surface area contributed by atoms with Gasteiger partial charge in [-0.2, -0.15) is 0 Å². The summed E-state index contributed by atoms with van der Waals surface area (Å²) in [6, 6.07) is 2.56. The molecule has 0 unspecified atom stereocenters. The zero-order chi connectivity index (χ0) is 19.4. The van der Waals surface area contributed by atoms with Gasteiger partial charge in [0.15, 0.2) is 33.0 Å². The predicted octanol–water partition coefficient (Wildman–Crippen LogP) is 2.11. The number of carbonyl (C=O) groups excluding carboxylic acids is 4. The molecule has 1 saturated carbocycles. The summed E-state index contributed by atoms with van der Waals surface area (Å²) in [7, 11) is -3.66. The maximum Gasteiger partial charge on any atom is 0.181 e. The fraction of sp³-hybridized carbons (Fsp3) is 0.474. The molecule has 1 aromatic carbocycles. The molecule has 6 nitrogen and oxygen atoms in total. The van der Waals surface area contributed by atoms with Crippen LogP contribution >= 0.6 is 0 Å². The van der Waals surface area contributed by atoms with E-state index >= 15 is 0 Å². The van der Waals surface area contributed by atoms with Crippen LogP contribution in [0.4, 0.5) is 0 Å². The normalized spacial score (nSPS) is 22.2. The van der Waals surface area contributed by atoms with E-state index in [1.165, 1.54) is 19.1 Å². The monoisotopic (exact) mass is 376 g/mol. The molecule has 0 aromatic heterocycles. The Bertz CT molecular complexity index is 952. The molecule has 1 aliphatic heterocycles. The van der Waals surface area contributed by atoms with Crippen molar-refractivity contribution in [2.45, 2.75) is 44.9 Å². The lowest BCUT2D eigenvalue weighted by molar-refractivity contribution is -0.133. The van der Waals surface area contributed by atoms with E-state index < -0.39 is 38.5 Å². The van der Waals surface area contributed by atoms with Gasteiger partial charge in [0.25, 0.3) is 0 Å². The van der Waals surface area contributed by atoms with Crippen LogP contribution in [0.15, 0.2) is 17.0 Å². The molecule has 0 spiro atoms. The molecule has 1 aromatic rings. The minimum atomic E-state index is -3.66. The summed E-state index contributed by atoms with van der Waals surface area (Å²) >= 11 is 0. The molecule has 0 atom stereocenters. The number of ketones is 4. The fourth-order valence-corrected chi connectivity index (χ4v) is 5.87. The van der Waals surface area contributed by atoms with E-state index in [4.69, 9.17) is 0 Å². The van der Waals surface area contributed by atoms with Crippen molar-refractivity contribution in [3.63, 3.8) is 0 Å². The summed E-state index contributed by atoms with van der Waals surface area (Å²) in [6.45, 7) is 4.61. The van der Waals surface area contributed by atoms with Crippen LogP contribution in [0.3, 0.4) is 0 Å². The summed E-state index contributed by atoms with van der Waals surface area (Å²) in [5.41, 5.74) is -0.809. The fourth-order valence-electron chi connectivity index (χ4n) is 3.80. The molecule has 0 saturated heterocycles. The van der Waals surface area contributed by atoms with Crippen molar-refractivity contribution >= 4 is 33.0 Å². The van der Waals surface area contributed by atoms with Crippen LogP contribution in [0, 0.1) is 18.3 Å². The van der Waals surface area contributed by atoms with E-state index in [0.29, 0.717) is 6.42 Å². The molecule has 0 bridgehead atoms. The van der Waals surface area contributed by atoms with Gasteiger partial charge in [0.1, 0.15) is 5.92 Å². The van der Waals surface area contributed by atoms with Gasteiger partial charge < -0.3 is 0 Å². The van der Waals surface area contributed by atoms with Gasteiger partial charge in [0.2, 0.25) is 0 Å². The number of fused-ring (bicyclic) bond motifs is 1. The highest BCUT2D eigenvalue weighted by molar-refractivity contribution is 7.91. The van der Waals surface area contributed by atoms with Crippen molar-refractivity contribution in [3.8, 4) is 0 Å². The molecule has 26 heavy (non-hydrogen) atoms. The van der Waals surface area contributed by atoms with Gasteiger partial charge >= 0.3 is 0 Å². The van der Waals surface area contributed by atoms with Crippen LogP contribution in [0.25, 0.3) is 0 Å². The quantitative estimate of drug-likeness (QED) is 0.579. The van der Waals surface area contributed by atoms with E-state index in [1.807, 2.05) is 0 Å². The highest BCUT2D eigenvalue weighted by Crippen LogP contribution is 2.38. The molecular weight excluding hydrogens is 356 g/mol. The first-order valence-corrected chi connectivity index (χ1v) is 10.1. The van der Waals surface area contributed by atoms with Gasteiger partial charge in [-0.1, -0.05) is 13.8 Å². The Morgan fingerprint density at radius 2 is 1.65 bits per heavy atom. The average molecular weight is 376 g/mol. The number of Topliss-reactive ketones (excluding diaryl/α,β-unsaturated/α-hetero) is 4. The van der Waals surface area contributed by atoms with E-state index in [2.05, 4.69) is 0 Å². The number of rotatable bonds is 2. The molecule has 1 fully saturated rings. The van der Waals surface area contributed by atoms with Crippen LogP contribution in [-0.2, 0) is 19.4 Å². The third-order valence-electron chi connectivity index (χ3n) is 5.17. The molecule has 0 N–H and O–H groups in total. The Morgan fingerprint density at radius 1 is 1.08 bits per heavy atom. The third-order valence-corrected chi connectivity index (χ3v) is 7.28. The second kappa shape index (κ2) is 5.94. The van der Waals surface area contributed by atoms with E-state index in [-0.39, 0.29) is 46.0 Å². The van der Waals surface area contributed by atoms with Crippen molar-refractivity contribution in [2.75, 3.05) is 5.75 Å². The molecule has 7 heteroatoms. The molecule has 0 amide bonds. The molecule has 1 heterocycles. The van der Waals surface area contributed by atoms with E-state index in [0.717, 1.165) is 0 Å². The highest BCUT2D eigenvalue weighted by atomic mass is 32.2. The van der Waals surface area contributed by atoms with Gasteiger partial charge in [-0.05, 0) is 31.0 Å². The second-order valence-corrected chi connectivity index (χ2v) is 9.62. The number of carbonyl (C=O) groups is 4. The molecule has 3 rings (SSSR count). The number of benzene rings is 1. The summed E-state index contributed by atoms with van der Waals surface area (Å²) < 4.78 is 25.1. The Balaban J connectivity index is 2.17. The highest BCUT2D eigenvalue weighted by Gasteiger charge is 2.45. The van der Waals surface area contributed by atoms with E-state index in [1.54, 1.807) is 13.8 Å². The van der Waals surface area contributed by atoms with Crippen molar-refractivity contribution in [2.24, 2.45) is 11.3 Å². The third kappa shape index (κ3) is 2.74. The van der Waals surface area contributed by atoms with Crippen molar-refractivity contribution in [1.82, 2.24) is 0 Å². The van der Waals surface area contributed by atoms with Crippen LogP contribution in [0.5, 0.6) is 0 Å². The van der Waals surface area contributed by atoms with Gasteiger partial charge in [0.05, 0.1) is 10.6 Å². The minimum Gasteiger partial charge on any atom is -0.298 e. The number of hydrogen-bond donors (Lipinski definition) is 0. The van der Waals surface area contributed by atoms with Crippen LogP contribution in [0.2, 0.25) is 0 Å². The number of sulfone groups is 1. The Morgan fingerprint density at radius 3 is 2.23 bits per heavy atom. The van der Waals surface area contributed by atoms with E-state index in [9.17, 15) is 27.6 Å². The SMILES string of the molecule is Cc1c(C(=O)C2C(=O)CCCC2=O)ccc2c1C(=O)C(C)(C)CS2(=O)=O. The molecule has 138 valence electrons. The number of hydrogen-bond acceptors (Lipinski definition) is 6. The zero-order valence-corrected chi connectivity index (χ0v) is 15.7. The zero-order valence-electron chi connectivity index (χ0n) is 14.9. The average Bonchev–Trinajstić information content (AvgIpc) is 2.51. The van der Waals surface area contributed by atoms with Crippen LogP contribution in [-0.4, -0.2) is 37.3 Å². The lowest BCUT2D eigenvalue weighted by Gasteiger charge is -2.31. The lowest BCUT2D eigenvalue weighted by atomic mass is 9.78. The molecule has 1 aliphatic carbocycles. The Kier molecular flexibility index (Phi) is 4.26. The van der Waals surface area contributed by atoms with Crippen molar-refractivity contribution in [3.05, 3.63) is 28.8 Å². The molecule has 0 radical (unpaired) electrons. The lowest BCUT2D eigenvalue weighted by Crippen LogP contribution is -2.40.